The van der Waals surface area contributed by atoms with Crippen molar-refractivity contribution in [2.45, 2.75) is 31.7 Å². The number of amides is 3. The van der Waals surface area contributed by atoms with Gasteiger partial charge < -0.3 is 15.5 Å². The maximum Gasteiger partial charge on any atom is 0.324 e. The highest BCUT2D eigenvalue weighted by Gasteiger charge is 2.39. The number of anilines is 2. The third-order valence-corrected chi connectivity index (χ3v) is 6.50. The van der Waals surface area contributed by atoms with Crippen LogP contribution >= 0.6 is 0 Å². The fraction of sp³-hybridized carbons (Fsp3) is 0.619. The van der Waals surface area contributed by atoms with E-state index < -0.39 is 0 Å². The summed E-state index contributed by atoms with van der Waals surface area (Å²) in [6.07, 6.45) is 5.03. The topological polar surface area (TPSA) is 73.1 Å². The van der Waals surface area contributed by atoms with Gasteiger partial charge in [0.25, 0.3) is 0 Å². The first kappa shape index (κ1) is 19.1. The Hall–Kier alpha value is -2.28. The van der Waals surface area contributed by atoms with Gasteiger partial charge in [0, 0.05) is 63.7 Å². The number of nitrogens with zero attached hydrogens (tertiary/aromatic N) is 4. The van der Waals surface area contributed by atoms with Crippen LogP contribution < -0.4 is 10.6 Å². The normalized spacial score (nSPS) is 21.6. The molecule has 0 radical (unpaired) electrons. The van der Waals surface area contributed by atoms with E-state index in [1.807, 2.05) is 17.0 Å². The molecule has 28 heavy (non-hydrogen) atoms. The van der Waals surface area contributed by atoms with Crippen LogP contribution in [0.2, 0.25) is 0 Å². The Bertz CT molecular complexity index is 712. The number of likely N-dealkylation sites (tertiary alicyclic amines) is 1. The molecule has 2 aliphatic heterocycles. The van der Waals surface area contributed by atoms with Gasteiger partial charge in [-0.25, -0.2) is 4.79 Å². The number of urea groups is 1. The van der Waals surface area contributed by atoms with Crippen molar-refractivity contribution < 1.29 is 9.59 Å². The van der Waals surface area contributed by atoms with E-state index in [1.54, 1.807) is 29.0 Å². The number of carbonyl (C=O) groups excluding carboxylic acids is 2. The monoisotopic (exact) mass is 385 g/mol. The second kappa shape index (κ2) is 7.99. The summed E-state index contributed by atoms with van der Waals surface area (Å²) in [5, 5.41) is 0. The summed E-state index contributed by atoms with van der Waals surface area (Å²) < 4.78 is 0. The van der Waals surface area contributed by atoms with Gasteiger partial charge in [0.05, 0.1) is 5.92 Å². The Morgan fingerprint density at radius 3 is 2.32 bits per heavy atom. The van der Waals surface area contributed by atoms with Gasteiger partial charge in [0.2, 0.25) is 5.91 Å². The average Bonchev–Trinajstić information content (AvgIpc) is 2.85. The molecule has 152 valence electrons. The van der Waals surface area contributed by atoms with Gasteiger partial charge in [-0.05, 0) is 43.5 Å². The molecule has 3 amide bonds. The van der Waals surface area contributed by atoms with Gasteiger partial charge in [-0.3, -0.25) is 14.6 Å². The van der Waals surface area contributed by atoms with Crippen LogP contribution in [-0.2, 0) is 4.79 Å². The molecule has 1 aromatic rings. The molecule has 2 saturated heterocycles. The summed E-state index contributed by atoms with van der Waals surface area (Å²) in [6.45, 7) is 4.80. The SMILES string of the molecule is CN(C(=O)N1CC(C(=O)N2CCCN(C3CCC3)CC2)C1)c1ccc(N)cc1. The van der Waals surface area contributed by atoms with Crippen LogP contribution in [0.1, 0.15) is 25.7 Å². The number of hydrogen-bond donors (Lipinski definition) is 1. The van der Waals surface area contributed by atoms with Crippen LogP contribution in [0.3, 0.4) is 0 Å². The summed E-state index contributed by atoms with van der Waals surface area (Å²) in [5.74, 6) is 0.161. The summed E-state index contributed by atoms with van der Waals surface area (Å²) in [6, 6.07) is 7.92. The molecule has 1 aromatic carbocycles. The fourth-order valence-corrected chi connectivity index (χ4v) is 4.34. The number of nitrogens with two attached hydrogens (primary N) is 1. The summed E-state index contributed by atoms with van der Waals surface area (Å²) in [4.78, 5) is 33.5. The van der Waals surface area contributed by atoms with Crippen molar-refractivity contribution in [3.63, 3.8) is 0 Å². The number of hydrogen-bond acceptors (Lipinski definition) is 4. The molecule has 0 bridgehead atoms. The van der Waals surface area contributed by atoms with Gasteiger partial charge in [-0.1, -0.05) is 6.42 Å². The molecule has 4 rings (SSSR count). The Morgan fingerprint density at radius 2 is 1.68 bits per heavy atom. The summed E-state index contributed by atoms with van der Waals surface area (Å²) in [5.41, 5.74) is 7.19. The molecule has 0 unspecified atom stereocenters. The first-order valence-corrected chi connectivity index (χ1v) is 10.4. The van der Waals surface area contributed by atoms with Crippen molar-refractivity contribution in [3.05, 3.63) is 24.3 Å². The average molecular weight is 386 g/mol. The molecule has 2 heterocycles. The first-order valence-electron chi connectivity index (χ1n) is 10.4. The predicted octanol–water partition coefficient (Wildman–Crippen LogP) is 1.84. The molecule has 3 aliphatic rings. The van der Waals surface area contributed by atoms with Crippen molar-refractivity contribution in [2.24, 2.45) is 5.92 Å². The molecule has 1 aliphatic carbocycles. The highest BCUT2D eigenvalue weighted by molar-refractivity contribution is 5.93. The van der Waals surface area contributed by atoms with E-state index in [1.165, 1.54) is 19.3 Å². The lowest BCUT2D eigenvalue weighted by Gasteiger charge is -2.42. The standard InChI is InChI=1S/C21H31N5O2/c1-23(18-8-6-17(22)7-9-18)21(28)26-14-16(15-26)20(27)25-11-3-10-24(12-13-25)19-4-2-5-19/h6-9,16,19H,2-5,10-15,22H2,1H3. The molecule has 7 nitrogen and oxygen atoms in total. The molecule has 0 atom stereocenters. The summed E-state index contributed by atoms with van der Waals surface area (Å²) in [7, 11) is 1.76. The van der Waals surface area contributed by atoms with Gasteiger partial charge in [-0.15, -0.1) is 0 Å². The lowest BCUT2D eigenvalue weighted by Crippen LogP contribution is -2.59. The zero-order valence-electron chi connectivity index (χ0n) is 16.7. The first-order chi connectivity index (χ1) is 13.5. The fourth-order valence-electron chi connectivity index (χ4n) is 4.34. The summed E-state index contributed by atoms with van der Waals surface area (Å²) >= 11 is 0. The maximum absolute atomic E-state index is 12.9. The molecule has 7 heteroatoms. The van der Waals surface area contributed by atoms with E-state index >= 15 is 0 Å². The Balaban J connectivity index is 1.26. The Kier molecular flexibility index (Phi) is 5.44. The van der Waals surface area contributed by atoms with E-state index in [9.17, 15) is 9.59 Å². The molecule has 0 aromatic heterocycles. The van der Waals surface area contributed by atoms with E-state index in [0.29, 0.717) is 18.8 Å². The number of benzene rings is 1. The van der Waals surface area contributed by atoms with Crippen LogP contribution in [0, 0.1) is 5.92 Å². The Morgan fingerprint density at radius 1 is 0.964 bits per heavy atom. The van der Waals surface area contributed by atoms with Crippen LogP contribution in [0.15, 0.2) is 24.3 Å². The van der Waals surface area contributed by atoms with E-state index in [-0.39, 0.29) is 17.9 Å². The highest BCUT2D eigenvalue weighted by Crippen LogP contribution is 2.27. The third-order valence-electron chi connectivity index (χ3n) is 6.50. The van der Waals surface area contributed by atoms with Gasteiger partial charge in [0.15, 0.2) is 0 Å². The maximum atomic E-state index is 12.9. The molecule has 1 saturated carbocycles. The number of nitrogen functional groups attached to an aromatic ring is 1. The molecular formula is C21H31N5O2. The smallest absolute Gasteiger partial charge is 0.324 e. The molecule has 3 fully saturated rings. The van der Waals surface area contributed by atoms with Crippen LogP contribution in [-0.4, -0.2) is 79.0 Å². The van der Waals surface area contributed by atoms with Crippen molar-refractivity contribution in [3.8, 4) is 0 Å². The molecule has 2 N–H and O–H groups in total. The molecule has 0 spiro atoms. The van der Waals surface area contributed by atoms with Gasteiger partial charge in [-0.2, -0.15) is 0 Å². The minimum absolute atomic E-state index is 0.0565. The zero-order valence-corrected chi connectivity index (χ0v) is 16.7. The second-order valence-electron chi connectivity index (χ2n) is 8.33. The predicted molar refractivity (Wildman–Crippen MR) is 110 cm³/mol. The second-order valence-corrected chi connectivity index (χ2v) is 8.33. The number of carbonyl (C=O) groups is 2. The van der Waals surface area contributed by atoms with E-state index in [4.69, 9.17) is 5.73 Å². The van der Waals surface area contributed by atoms with Crippen LogP contribution in [0.25, 0.3) is 0 Å². The minimum Gasteiger partial charge on any atom is -0.399 e. The minimum atomic E-state index is -0.0687. The van der Waals surface area contributed by atoms with E-state index in [0.717, 1.165) is 44.3 Å². The molecular weight excluding hydrogens is 354 g/mol. The van der Waals surface area contributed by atoms with Gasteiger partial charge >= 0.3 is 6.03 Å². The Labute approximate surface area is 167 Å². The lowest BCUT2D eigenvalue weighted by molar-refractivity contribution is -0.139. The zero-order chi connectivity index (χ0) is 19.7. The van der Waals surface area contributed by atoms with E-state index in [2.05, 4.69) is 4.90 Å². The van der Waals surface area contributed by atoms with Crippen molar-refractivity contribution in [2.75, 3.05) is 56.9 Å². The third kappa shape index (κ3) is 3.81. The number of rotatable bonds is 3. The highest BCUT2D eigenvalue weighted by atomic mass is 16.2. The lowest BCUT2D eigenvalue weighted by atomic mass is 9.91. The van der Waals surface area contributed by atoms with Crippen molar-refractivity contribution in [1.29, 1.82) is 0 Å². The van der Waals surface area contributed by atoms with Crippen molar-refractivity contribution >= 4 is 23.3 Å². The quantitative estimate of drug-likeness (QED) is 0.806. The van der Waals surface area contributed by atoms with Crippen molar-refractivity contribution in [1.82, 2.24) is 14.7 Å². The van der Waals surface area contributed by atoms with Gasteiger partial charge in [0.1, 0.15) is 0 Å². The van der Waals surface area contributed by atoms with Crippen LogP contribution in [0.5, 0.6) is 0 Å². The largest absolute Gasteiger partial charge is 0.399 e. The van der Waals surface area contributed by atoms with Crippen LogP contribution in [0.4, 0.5) is 16.2 Å².